The lowest BCUT2D eigenvalue weighted by molar-refractivity contribution is 0.617. The number of hydrogen-bond acceptors (Lipinski definition) is 3. The largest absolute Gasteiger partial charge is 0.376 e. The maximum atomic E-state index is 12.9. The molecule has 2 aromatic heterocycles. The third-order valence-corrected chi connectivity index (χ3v) is 3.21. The van der Waals surface area contributed by atoms with E-state index in [2.05, 4.69) is 15.3 Å². The summed E-state index contributed by atoms with van der Waals surface area (Å²) in [5.41, 5.74) is 2.73. The first kappa shape index (κ1) is 12.5. The molecule has 0 amide bonds. The van der Waals surface area contributed by atoms with E-state index in [9.17, 15) is 4.39 Å². The summed E-state index contributed by atoms with van der Waals surface area (Å²) >= 11 is 0. The Balaban J connectivity index is 1.91. The fourth-order valence-corrected chi connectivity index (χ4v) is 2.18. The molecule has 1 atom stereocenters. The lowest BCUT2D eigenvalue weighted by Crippen LogP contribution is -2.08. The first-order valence-corrected chi connectivity index (χ1v) is 6.46. The Kier molecular flexibility index (Phi) is 3.29. The van der Waals surface area contributed by atoms with Crippen LogP contribution >= 0.6 is 0 Å². The third kappa shape index (κ3) is 2.45. The second-order valence-corrected chi connectivity index (χ2v) is 4.64. The number of hydrogen-bond donors (Lipinski definition) is 1. The molecule has 0 aliphatic rings. The van der Waals surface area contributed by atoms with Crippen LogP contribution in [0.2, 0.25) is 0 Å². The number of halogens is 1. The van der Waals surface area contributed by atoms with Gasteiger partial charge in [0.25, 0.3) is 0 Å². The van der Waals surface area contributed by atoms with Crippen LogP contribution in [0.1, 0.15) is 18.7 Å². The van der Waals surface area contributed by atoms with E-state index in [-0.39, 0.29) is 11.9 Å². The Hall–Kier alpha value is -2.49. The molecule has 20 heavy (non-hydrogen) atoms. The molecule has 0 aliphatic carbocycles. The topological polar surface area (TPSA) is 37.8 Å². The van der Waals surface area contributed by atoms with Gasteiger partial charge in [-0.25, -0.2) is 4.39 Å². The molecule has 3 aromatic rings. The highest BCUT2D eigenvalue weighted by atomic mass is 19.1. The molecule has 0 fully saturated rings. The van der Waals surface area contributed by atoms with Crippen LogP contribution in [0.25, 0.3) is 10.9 Å². The number of benzene rings is 1. The number of nitrogens with zero attached hydrogens (tertiary/aromatic N) is 2. The fraction of sp³-hybridized carbons (Fsp3) is 0.125. The standard InChI is InChI=1S/C16H14FN3/c1-11(14-8-7-12(17)10-19-14)20-16-6-2-5-15-13(16)4-3-9-18-15/h2-11,20H,1H3. The van der Waals surface area contributed by atoms with Gasteiger partial charge in [-0.2, -0.15) is 0 Å². The third-order valence-electron chi connectivity index (χ3n) is 3.21. The number of rotatable bonds is 3. The van der Waals surface area contributed by atoms with Crippen LogP contribution in [0, 0.1) is 5.82 Å². The van der Waals surface area contributed by atoms with Gasteiger partial charge in [0.2, 0.25) is 0 Å². The predicted molar refractivity (Wildman–Crippen MR) is 78.0 cm³/mol. The number of aromatic nitrogens is 2. The molecule has 3 nitrogen and oxygen atoms in total. The minimum Gasteiger partial charge on any atom is -0.376 e. The van der Waals surface area contributed by atoms with Crippen LogP contribution in [0.5, 0.6) is 0 Å². The van der Waals surface area contributed by atoms with E-state index in [1.165, 1.54) is 12.3 Å². The molecule has 100 valence electrons. The molecule has 0 saturated heterocycles. The molecule has 0 radical (unpaired) electrons. The van der Waals surface area contributed by atoms with Gasteiger partial charge in [0.1, 0.15) is 5.82 Å². The lowest BCUT2D eigenvalue weighted by Gasteiger charge is -2.16. The van der Waals surface area contributed by atoms with E-state index >= 15 is 0 Å². The van der Waals surface area contributed by atoms with Gasteiger partial charge in [0.15, 0.2) is 0 Å². The summed E-state index contributed by atoms with van der Waals surface area (Å²) in [6, 6.07) is 13.0. The van der Waals surface area contributed by atoms with Crippen LogP contribution in [0.4, 0.5) is 10.1 Å². The highest BCUT2D eigenvalue weighted by Gasteiger charge is 2.09. The molecular formula is C16H14FN3. The van der Waals surface area contributed by atoms with Crippen LogP contribution in [-0.2, 0) is 0 Å². The van der Waals surface area contributed by atoms with Gasteiger partial charge in [0, 0.05) is 17.3 Å². The first-order valence-electron chi connectivity index (χ1n) is 6.46. The van der Waals surface area contributed by atoms with Gasteiger partial charge < -0.3 is 5.32 Å². The van der Waals surface area contributed by atoms with Gasteiger partial charge >= 0.3 is 0 Å². The van der Waals surface area contributed by atoms with Crippen molar-refractivity contribution in [2.24, 2.45) is 0 Å². The summed E-state index contributed by atoms with van der Waals surface area (Å²) in [6.45, 7) is 2.00. The Labute approximate surface area is 116 Å². The zero-order chi connectivity index (χ0) is 13.9. The van der Waals surface area contributed by atoms with Crippen molar-refractivity contribution < 1.29 is 4.39 Å². The second kappa shape index (κ2) is 5.25. The molecule has 2 heterocycles. The minimum absolute atomic E-state index is 0.0126. The van der Waals surface area contributed by atoms with Gasteiger partial charge in [0.05, 0.1) is 23.4 Å². The number of nitrogens with one attached hydrogen (secondary N) is 1. The summed E-state index contributed by atoms with van der Waals surface area (Å²) in [5.74, 6) is -0.324. The van der Waals surface area contributed by atoms with Crippen molar-refractivity contribution in [1.29, 1.82) is 0 Å². The Morgan fingerprint density at radius 1 is 1.05 bits per heavy atom. The average Bonchev–Trinajstić information content (AvgIpc) is 2.48. The van der Waals surface area contributed by atoms with E-state index in [0.717, 1.165) is 22.3 Å². The zero-order valence-corrected chi connectivity index (χ0v) is 11.0. The Morgan fingerprint density at radius 3 is 2.75 bits per heavy atom. The number of fused-ring (bicyclic) bond motifs is 1. The van der Waals surface area contributed by atoms with Crippen molar-refractivity contribution in [3.63, 3.8) is 0 Å². The van der Waals surface area contributed by atoms with E-state index < -0.39 is 0 Å². The monoisotopic (exact) mass is 267 g/mol. The van der Waals surface area contributed by atoms with E-state index in [0.29, 0.717) is 0 Å². The molecule has 0 spiro atoms. The fourth-order valence-electron chi connectivity index (χ4n) is 2.18. The molecular weight excluding hydrogens is 253 g/mol. The quantitative estimate of drug-likeness (QED) is 0.781. The average molecular weight is 267 g/mol. The molecule has 3 rings (SSSR count). The lowest BCUT2D eigenvalue weighted by atomic mass is 10.1. The van der Waals surface area contributed by atoms with Gasteiger partial charge in [-0.15, -0.1) is 0 Å². The highest BCUT2D eigenvalue weighted by Crippen LogP contribution is 2.25. The summed E-state index contributed by atoms with van der Waals surface area (Å²) < 4.78 is 12.9. The molecule has 1 aromatic carbocycles. The van der Waals surface area contributed by atoms with Crippen molar-refractivity contribution in [3.05, 3.63) is 66.4 Å². The zero-order valence-electron chi connectivity index (χ0n) is 11.0. The van der Waals surface area contributed by atoms with E-state index in [1.807, 2.05) is 37.3 Å². The van der Waals surface area contributed by atoms with Crippen molar-refractivity contribution in [1.82, 2.24) is 9.97 Å². The molecule has 0 saturated carbocycles. The predicted octanol–water partition coefficient (Wildman–Crippen LogP) is 3.94. The normalized spacial score (nSPS) is 12.3. The van der Waals surface area contributed by atoms with Gasteiger partial charge in [-0.1, -0.05) is 6.07 Å². The van der Waals surface area contributed by atoms with Crippen LogP contribution in [0.15, 0.2) is 54.9 Å². The van der Waals surface area contributed by atoms with Crippen molar-refractivity contribution >= 4 is 16.6 Å². The highest BCUT2D eigenvalue weighted by molar-refractivity contribution is 5.91. The van der Waals surface area contributed by atoms with Crippen molar-refractivity contribution in [2.75, 3.05) is 5.32 Å². The molecule has 1 unspecified atom stereocenters. The summed E-state index contributed by atoms with van der Waals surface area (Å²) in [6.07, 6.45) is 3.01. The maximum Gasteiger partial charge on any atom is 0.141 e. The molecule has 1 N–H and O–H groups in total. The van der Waals surface area contributed by atoms with Crippen LogP contribution < -0.4 is 5.32 Å². The van der Waals surface area contributed by atoms with Gasteiger partial charge in [-0.3, -0.25) is 9.97 Å². The SMILES string of the molecule is CC(Nc1cccc2ncccc12)c1ccc(F)cn1. The Bertz CT molecular complexity index is 720. The number of pyridine rings is 2. The summed E-state index contributed by atoms with van der Waals surface area (Å²) in [7, 11) is 0. The maximum absolute atomic E-state index is 12.9. The molecule has 0 bridgehead atoms. The summed E-state index contributed by atoms with van der Waals surface area (Å²) in [5, 5.41) is 4.45. The van der Waals surface area contributed by atoms with Crippen LogP contribution in [0.3, 0.4) is 0 Å². The van der Waals surface area contributed by atoms with Crippen molar-refractivity contribution in [2.45, 2.75) is 13.0 Å². The van der Waals surface area contributed by atoms with E-state index in [4.69, 9.17) is 0 Å². The summed E-state index contributed by atoms with van der Waals surface area (Å²) in [4.78, 5) is 8.43. The number of anilines is 1. The molecule has 0 aliphatic heterocycles. The van der Waals surface area contributed by atoms with Gasteiger partial charge in [-0.05, 0) is 43.3 Å². The first-order chi connectivity index (χ1) is 9.74. The second-order valence-electron chi connectivity index (χ2n) is 4.64. The Morgan fingerprint density at radius 2 is 1.95 bits per heavy atom. The molecule has 4 heteroatoms. The van der Waals surface area contributed by atoms with Crippen LogP contribution in [-0.4, -0.2) is 9.97 Å². The smallest absolute Gasteiger partial charge is 0.141 e. The minimum atomic E-state index is -0.324. The van der Waals surface area contributed by atoms with E-state index in [1.54, 1.807) is 12.3 Å². The van der Waals surface area contributed by atoms with Crippen molar-refractivity contribution in [3.8, 4) is 0 Å².